The van der Waals surface area contributed by atoms with Crippen LogP contribution in [0.25, 0.3) is 0 Å². The minimum atomic E-state index is -0.535. The molecule has 0 bridgehead atoms. The Morgan fingerprint density at radius 3 is 1.76 bits per heavy atom. The van der Waals surface area contributed by atoms with Crippen molar-refractivity contribution in [1.29, 1.82) is 0 Å². The number of nitrogen functional groups attached to an aromatic ring is 1. The highest BCUT2D eigenvalue weighted by atomic mass is 16.6. The number of aromatic nitrogens is 6. The first-order valence-corrected chi connectivity index (χ1v) is 11.6. The molecule has 13 heteroatoms. The van der Waals surface area contributed by atoms with Crippen LogP contribution in [0.4, 0.5) is 17.5 Å². The molecule has 0 aliphatic heterocycles. The number of nitrogens with zero attached hydrogens (tertiary/aromatic N) is 7. The van der Waals surface area contributed by atoms with Crippen LogP contribution in [-0.2, 0) is 0 Å². The summed E-state index contributed by atoms with van der Waals surface area (Å²) in [6.07, 6.45) is 17.5. The first-order valence-electron chi connectivity index (χ1n) is 11.6. The zero-order valence-corrected chi connectivity index (χ0v) is 19.0. The van der Waals surface area contributed by atoms with Gasteiger partial charge in [-0.25, -0.2) is 0 Å². The molecule has 0 saturated heterocycles. The van der Waals surface area contributed by atoms with Gasteiger partial charge in [0, 0.05) is 6.20 Å². The number of aromatic amines is 1. The smallest absolute Gasteiger partial charge is 0.382 e. The Morgan fingerprint density at radius 1 is 0.824 bits per heavy atom. The second kappa shape index (κ2) is 12.5. The highest BCUT2D eigenvalue weighted by Gasteiger charge is 2.20. The fourth-order valence-corrected chi connectivity index (χ4v) is 4.23. The van der Waals surface area contributed by atoms with Gasteiger partial charge >= 0.3 is 11.6 Å². The zero-order chi connectivity index (χ0) is 24.3. The van der Waals surface area contributed by atoms with Crippen LogP contribution in [0, 0.1) is 20.2 Å². The van der Waals surface area contributed by atoms with Crippen LogP contribution in [-0.4, -0.2) is 39.6 Å². The Morgan fingerprint density at radius 2 is 1.38 bits per heavy atom. The van der Waals surface area contributed by atoms with E-state index in [0.29, 0.717) is 17.9 Å². The molecule has 2 aliphatic carbocycles. The van der Waals surface area contributed by atoms with Crippen molar-refractivity contribution in [3.63, 3.8) is 0 Å². The number of rotatable bonds is 4. The van der Waals surface area contributed by atoms with Crippen LogP contribution < -0.4 is 5.73 Å². The maximum Gasteiger partial charge on any atom is 0.389 e. The third-order valence-electron chi connectivity index (χ3n) is 5.99. The number of anilines is 1. The molecule has 2 fully saturated rings. The van der Waals surface area contributed by atoms with Crippen LogP contribution in [0.3, 0.4) is 0 Å². The Balaban J connectivity index is 0.000000148. The summed E-state index contributed by atoms with van der Waals surface area (Å²) < 4.78 is 3.77. The van der Waals surface area contributed by atoms with Crippen LogP contribution in [0.5, 0.6) is 0 Å². The lowest BCUT2D eigenvalue weighted by Crippen LogP contribution is -2.13. The fraction of sp³-hybridized carbons (Fsp3) is 0.571. The minimum Gasteiger partial charge on any atom is -0.382 e. The first kappa shape index (κ1) is 24.9. The topological polar surface area (TPSA) is 177 Å². The van der Waals surface area contributed by atoms with Gasteiger partial charge in [0.1, 0.15) is 5.82 Å². The molecule has 0 aromatic carbocycles. The molecule has 184 valence electrons. The molecule has 3 N–H and O–H groups in total. The molecule has 0 atom stereocenters. The summed E-state index contributed by atoms with van der Waals surface area (Å²) in [4.78, 5) is 19.2. The van der Waals surface area contributed by atoms with Gasteiger partial charge in [-0.3, -0.25) is 4.68 Å². The standard InChI is InChI=1S/C9H13N3O2.C9H15N3.C3H3N3O2/c13-12(14)9-6-7-11(10-9)8-4-2-1-3-5-8;10-9-6-7-12(11-9)8-4-2-1-3-5-8;7-6(8)3-1-2-4-5-3/h6-8H,1-5H2;6-8H,1-5H2,(H2,10,11);1-2H,(H,4,5). The molecule has 13 nitrogen and oxygen atoms in total. The number of nitrogens with one attached hydrogen (secondary N) is 1. The number of H-pyrrole nitrogens is 1. The van der Waals surface area contributed by atoms with Crippen LogP contribution >= 0.6 is 0 Å². The van der Waals surface area contributed by atoms with Crippen LogP contribution in [0.15, 0.2) is 36.8 Å². The van der Waals surface area contributed by atoms with E-state index in [0.717, 1.165) is 12.8 Å². The highest BCUT2D eigenvalue weighted by molar-refractivity contribution is 5.24. The van der Waals surface area contributed by atoms with E-state index in [1.807, 2.05) is 16.9 Å². The molecular formula is C21H31N9O4. The molecule has 3 aromatic rings. The van der Waals surface area contributed by atoms with Gasteiger partial charge in [-0.15, -0.1) is 5.10 Å². The minimum absolute atomic E-state index is 0.0458. The first-order chi connectivity index (χ1) is 16.4. The maximum atomic E-state index is 10.4. The third-order valence-corrected chi connectivity index (χ3v) is 5.99. The molecule has 0 radical (unpaired) electrons. The number of nitrogens with two attached hydrogens (primary N) is 1. The highest BCUT2D eigenvalue weighted by Crippen LogP contribution is 2.28. The number of hydrogen-bond donors (Lipinski definition) is 2. The predicted octanol–water partition coefficient (Wildman–Crippen LogP) is 4.58. The van der Waals surface area contributed by atoms with Gasteiger partial charge in [-0.1, -0.05) is 43.6 Å². The van der Waals surface area contributed by atoms with E-state index in [1.54, 1.807) is 10.9 Å². The molecule has 0 spiro atoms. The van der Waals surface area contributed by atoms with E-state index in [-0.39, 0.29) is 11.6 Å². The average molecular weight is 474 g/mol. The monoisotopic (exact) mass is 473 g/mol. The Kier molecular flexibility index (Phi) is 9.12. The number of hydrogen-bond acceptors (Lipinski definition) is 8. The van der Waals surface area contributed by atoms with E-state index in [2.05, 4.69) is 20.4 Å². The summed E-state index contributed by atoms with van der Waals surface area (Å²) in [5.74, 6) is 0.515. The van der Waals surface area contributed by atoms with Crippen molar-refractivity contribution in [3.8, 4) is 0 Å². The van der Waals surface area contributed by atoms with Crippen LogP contribution in [0.1, 0.15) is 76.3 Å². The Hall–Kier alpha value is -3.77. The lowest BCUT2D eigenvalue weighted by Gasteiger charge is -2.21. The van der Waals surface area contributed by atoms with E-state index in [1.165, 1.54) is 69.7 Å². The van der Waals surface area contributed by atoms with Gasteiger partial charge in [-0.05, 0) is 41.6 Å². The second-order valence-electron chi connectivity index (χ2n) is 8.41. The maximum absolute atomic E-state index is 10.4. The van der Waals surface area contributed by atoms with Crippen molar-refractivity contribution >= 4 is 17.5 Å². The van der Waals surface area contributed by atoms with Crippen molar-refractivity contribution < 1.29 is 9.85 Å². The van der Waals surface area contributed by atoms with Gasteiger partial charge in [0.15, 0.2) is 0 Å². The third kappa shape index (κ3) is 7.39. The predicted molar refractivity (Wildman–Crippen MR) is 125 cm³/mol. The molecule has 5 rings (SSSR count). The lowest BCUT2D eigenvalue weighted by molar-refractivity contribution is -0.389. The summed E-state index contributed by atoms with van der Waals surface area (Å²) >= 11 is 0. The molecular weight excluding hydrogens is 442 g/mol. The Labute approximate surface area is 196 Å². The van der Waals surface area contributed by atoms with Crippen molar-refractivity contribution in [2.45, 2.75) is 76.3 Å². The zero-order valence-electron chi connectivity index (χ0n) is 19.0. The summed E-state index contributed by atoms with van der Waals surface area (Å²) in [6.45, 7) is 0. The average Bonchev–Trinajstić information content (AvgIpc) is 3.63. The molecule has 34 heavy (non-hydrogen) atoms. The van der Waals surface area contributed by atoms with E-state index in [4.69, 9.17) is 5.73 Å². The quantitative estimate of drug-likeness (QED) is 0.408. The summed E-state index contributed by atoms with van der Waals surface area (Å²) in [7, 11) is 0. The van der Waals surface area contributed by atoms with Crippen molar-refractivity contribution in [2.75, 3.05) is 5.73 Å². The largest absolute Gasteiger partial charge is 0.389 e. The van der Waals surface area contributed by atoms with Gasteiger partial charge in [0.05, 0.1) is 41.7 Å². The van der Waals surface area contributed by atoms with Crippen molar-refractivity contribution in [2.24, 2.45) is 0 Å². The summed E-state index contributed by atoms with van der Waals surface area (Å²) in [5, 5.41) is 34.0. The molecule has 2 saturated carbocycles. The van der Waals surface area contributed by atoms with Crippen LogP contribution in [0.2, 0.25) is 0 Å². The van der Waals surface area contributed by atoms with Gasteiger partial charge in [0.25, 0.3) is 0 Å². The molecule has 0 unspecified atom stereocenters. The molecule has 3 aromatic heterocycles. The molecule has 0 amide bonds. The number of nitro groups is 2. The van der Waals surface area contributed by atoms with Gasteiger partial charge < -0.3 is 26.0 Å². The van der Waals surface area contributed by atoms with Gasteiger partial charge in [0.2, 0.25) is 0 Å². The second-order valence-corrected chi connectivity index (χ2v) is 8.41. The Bertz CT molecular complexity index is 1020. The van der Waals surface area contributed by atoms with Crippen molar-refractivity contribution in [3.05, 3.63) is 57.0 Å². The van der Waals surface area contributed by atoms with Crippen molar-refractivity contribution in [1.82, 2.24) is 29.8 Å². The molecule has 2 aliphatic rings. The lowest BCUT2D eigenvalue weighted by atomic mass is 9.96. The normalized spacial score (nSPS) is 16.6. The SMILES string of the molecule is Nc1ccn(C2CCCCC2)n1.O=[N+]([O-])c1ccn(C2CCCCC2)n1.O=[N+]([O-])c1ccn[nH]1. The van der Waals surface area contributed by atoms with E-state index in [9.17, 15) is 20.2 Å². The van der Waals surface area contributed by atoms with E-state index < -0.39 is 9.85 Å². The summed E-state index contributed by atoms with van der Waals surface area (Å²) in [6, 6.07) is 5.61. The molecule has 3 heterocycles. The fourth-order valence-electron chi connectivity index (χ4n) is 4.23. The van der Waals surface area contributed by atoms with Gasteiger partial charge in [-0.2, -0.15) is 9.78 Å². The summed E-state index contributed by atoms with van der Waals surface area (Å²) in [5.41, 5.74) is 5.55. The van der Waals surface area contributed by atoms with E-state index >= 15 is 0 Å².